The lowest BCUT2D eigenvalue weighted by molar-refractivity contribution is 0.768. The van der Waals surface area contributed by atoms with Gasteiger partial charge >= 0.3 is 0 Å². The molecule has 0 saturated carbocycles. The third kappa shape index (κ3) is 1.48. The van der Waals surface area contributed by atoms with Crippen molar-refractivity contribution < 1.29 is 0 Å². The molecule has 3 rings (SSSR count). The van der Waals surface area contributed by atoms with E-state index in [0.717, 1.165) is 34.4 Å². The molecule has 0 fully saturated rings. The summed E-state index contributed by atoms with van der Waals surface area (Å²) in [5, 5.41) is 5.23. The maximum Gasteiger partial charge on any atom is 0.140 e. The Morgan fingerprint density at radius 2 is 2.28 bits per heavy atom. The van der Waals surface area contributed by atoms with Crippen LogP contribution in [0.25, 0.3) is 22.3 Å². The molecule has 0 aromatic carbocycles. The van der Waals surface area contributed by atoms with Crippen molar-refractivity contribution >= 4 is 16.7 Å². The highest BCUT2D eigenvalue weighted by Crippen LogP contribution is 2.32. The normalized spacial score (nSPS) is 11.2. The first kappa shape index (κ1) is 10.8. The summed E-state index contributed by atoms with van der Waals surface area (Å²) in [5.41, 5.74) is 11.0. The molecule has 92 valence electrons. The summed E-state index contributed by atoms with van der Waals surface area (Å²) < 4.78 is 1.79. The van der Waals surface area contributed by atoms with Gasteiger partial charge in [-0.1, -0.05) is 6.92 Å². The molecule has 3 aromatic heterocycles. The number of nitrogen functional groups attached to an aromatic ring is 1. The minimum Gasteiger partial charge on any atom is -0.398 e. The second-order valence-corrected chi connectivity index (χ2v) is 4.36. The second kappa shape index (κ2) is 3.87. The predicted octanol–water partition coefficient (Wildman–Crippen LogP) is 2.11. The maximum atomic E-state index is 6.05. The number of hydrogen-bond donors (Lipinski definition) is 2. The van der Waals surface area contributed by atoms with Gasteiger partial charge in [0.05, 0.1) is 11.9 Å². The van der Waals surface area contributed by atoms with Gasteiger partial charge in [0.15, 0.2) is 0 Å². The molecular formula is C13H15N5. The van der Waals surface area contributed by atoms with E-state index in [9.17, 15) is 0 Å². The summed E-state index contributed by atoms with van der Waals surface area (Å²) in [6, 6.07) is 1.84. The van der Waals surface area contributed by atoms with Crippen molar-refractivity contribution in [1.29, 1.82) is 0 Å². The number of aromatic amines is 1. The van der Waals surface area contributed by atoms with E-state index in [1.807, 2.05) is 25.5 Å². The fraction of sp³-hybridized carbons (Fsp3) is 0.231. The molecular weight excluding hydrogens is 226 g/mol. The van der Waals surface area contributed by atoms with Crippen LogP contribution in [0.1, 0.15) is 12.5 Å². The Labute approximate surface area is 105 Å². The van der Waals surface area contributed by atoms with Crippen molar-refractivity contribution in [2.24, 2.45) is 7.05 Å². The van der Waals surface area contributed by atoms with Gasteiger partial charge < -0.3 is 10.7 Å². The van der Waals surface area contributed by atoms with Crippen LogP contribution in [0.3, 0.4) is 0 Å². The maximum absolute atomic E-state index is 6.05. The van der Waals surface area contributed by atoms with Crippen molar-refractivity contribution in [3.05, 3.63) is 30.2 Å². The number of H-pyrrole nitrogens is 1. The lowest BCUT2D eigenvalue weighted by Gasteiger charge is -2.00. The SMILES string of the molecule is CCc1c(-c2cnn(C)c2)[nH]c2nccc(N)c12. The summed E-state index contributed by atoms with van der Waals surface area (Å²) >= 11 is 0. The molecule has 0 atom stereocenters. The van der Waals surface area contributed by atoms with Crippen LogP contribution in [0.2, 0.25) is 0 Å². The molecule has 0 spiro atoms. The van der Waals surface area contributed by atoms with Crippen molar-refractivity contribution in [2.45, 2.75) is 13.3 Å². The minimum absolute atomic E-state index is 0.767. The Kier molecular flexibility index (Phi) is 2.33. The third-order valence-corrected chi connectivity index (χ3v) is 3.18. The van der Waals surface area contributed by atoms with E-state index in [-0.39, 0.29) is 0 Å². The Balaban J connectivity index is 2.33. The first-order valence-electron chi connectivity index (χ1n) is 5.94. The van der Waals surface area contributed by atoms with Crippen LogP contribution in [0.4, 0.5) is 5.69 Å². The van der Waals surface area contributed by atoms with Crippen molar-refractivity contribution in [1.82, 2.24) is 19.7 Å². The van der Waals surface area contributed by atoms with E-state index in [1.54, 1.807) is 10.9 Å². The second-order valence-electron chi connectivity index (χ2n) is 4.36. The highest BCUT2D eigenvalue weighted by atomic mass is 15.2. The number of aromatic nitrogens is 4. The smallest absolute Gasteiger partial charge is 0.140 e. The number of rotatable bonds is 2. The van der Waals surface area contributed by atoms with E-state index >= 15 is 0 Å². The van der Waals surface area contributed by atoms with Gasteiger partial charge in [0.25, 0.3) is 0 Å². The quantitative estimate of drug-likeness (QED) is 0.721. The van der Waals surface area contributed by atoms with Gasteiger partial charge in [-0.15, -0.1) is 0 Å². The number of hydrogen-bond acceptors (Lipinski definition) is 3. The predicted molar refractivity (Wildman–Crippen MR) is 72.1 cm³/mol. The number of pyridine rings is 1. The molecule has 0 radical (unpaired) electrons. The number of fused-ring (bicyclic) bond motifs is 1. The van der Waals surface area contributed by atoms with Crippen LogP contribution < -0.4 is 5.73 Å². The molecule has 0 aliphatic carbocycles. The van der Waals surface area contributed by atoms with E-state index < -0.39 is 0 Å². The standard InChI is InChI=1S/C13H15N5/c1-3-9-11-10(14)4-5-15-13(11)17-12(9)8-6-16-18(2)7-8/h4-7H,3H2,1-2H3,(H3,14,15,17). The van der Waals surface area contributed by atoms with Gasteiger partial charge in [-0.25, -0.2) is 4.98 Å². The fourth-order valence-corrected chi connectivity index (χ4v) is 2.36. The lowest BCUT2D eigenvalue weighted by Crippen LogP contribution is -1.89. The summed E-state index contributed by atoms with van der Waals surface area (Å²) in [7, 11) is 1.91. The average Bonchev–Trinajstić information content (AvgIpc) is 2.92. The number of nitrogens with zero attached hydrogens (tertiary/aromatic N) is 3. The van der Waals surface area contributed by atoms with E-state index in [2.05, 4.69) is 22.0 Å². The molecule has 3 N–H and O–H groups in total. The Hall–Kier alpha value is -2.30. The molecule has 0 saturated heterocycles. The molecule has 0 amide bonds. The zero-order valence-electron chi connectivity index (χ0n) is 10.4. The van der Waals surface area contributed by atoms with E-state index in [0.29, 0.717) is 0 Å². The minimum atomic E-state index is 0.767. The van der Waals surface area contributed by atoms with E-state index in [4.69, 9.17) is 5.73 Å². The zero-order valence-corrected chi connectivity index (χ0v) is 10.4. The van der Waals surface area contributed by atoms with Crippen molar-refractivity contribution in [3.63, 3.8) is 0 Å². The molecule has 3 aromatic rings. The average molecular weight is 241 g/mol. The third-order valence-electron chi connectivity index (χ3n) is 3.18. The van der Waals surface area contributed by atoms with Crippen LogP contribution in [-0.2, 0) is 13.5 Å². The Morgan fingerprint density at radius 1 is 1.44 bits per heavy atom. The summed E-state index contributed by atoms with van der Waals surface area (Å²) in [4.78, 5) is 7.68. The Morgan fingerprint density at radius 3 is 2.94 bits per heavy atom. The molecule has 5 heteroatoms. The molecule has 0 bridgehead atoms. The largest absolute Gasteiger partial charge is 0.398 e. The molecule has 0 aliphatic heterocycles. The van der Waals surface area contributed by atoms with Gasteiger partial charge in [-0.2, -0.15) is 5.10 Å². The first-order valence-corrected chi connectivity index (χ1v) is 5.94. The number of nitrogens with one attached hydrogen (secondary N) is 1. The number of nitrogens with two attached hydrogens (primary N) is 1. The first-order chi connectivity index (χ1) is 8.70. The van der Waals surface area contributed by atoms with Crippen molar-refractivity contribution in [2.75, 3.05) is 5.73 Å². The van der Waals surface area contributed by atoms with Crippen LogP contribution >= 0.6 is 0 Å². The zero-order chi connectivity index (χ0) is 12.7. The van der Waals surface area contributed by atoms with Crippen LogP contribution in [-0.4, -0.2) is 19.7 Å². The summed E-state index contributed by atoms with van der Waals surface area (Å²) in [6.07, 6.45) is 6.46. The topological polar surface area (TPSA) is 72.5 Å². The van der Waals surface area contributed by atoms with Gasteiger partial charge in [-0.05, 0) is 18.1 Å². The summed E-state index contributed by atoms with van der Waals surface area (Å²) in [6.45, 7) is 2.12. The van der Waals surface area contributed by atoms with E-state index in [1.165, 1.54) is 5.56 Å². The monoisotopic (exact) mass is 241 g/mol. The molecule has 0 aliphatic rings. The number of anilines is 1. The lowest BCUT2D eigenvalue weighted by atomic mass is 10.1. The molecule has 0 unspecified atom stereocenters. The van der Waals surface area contributed by atoms with Gasteiger partial charge in [0.1, 0.15) is 5.65 Å². The van der Waals surface area contributed by atoms with Gasteiger partial charge in [-0.3, -0.25) is 4.68 Å². The highest BCUT2D eigenvalue weighted by molar-refractivity contribution is 5.96. The molecule has 5 nitrogen and oxygen atoms in total. The number of aryl methyl sites for hydroxylation is 2. The highest BCUT2D eigenvalue weighted by Gasteiger charge is 2.15. The van der Waals surface area contributed by atoms with Gasteiger partial charge in [0.2, 0.25) is 0 Å². The van der Waals surface area contributed by atoms with Crippen LogP contribution in [0.15, 0.2) is 24.7 Å². The molecule has 18 heavy (non-hydrogen) atoms. The van der Waals surface area contributed by atoms with Gasteiger partial charge in [0, 0.05) is 36.1 Å². The van der Waals surface area contributed by atoms with Crippen molar-refractivity contribution in [3.8, 4) is 11.3 Å². The fourth-order valence-electron chi connectivity index (χ4n) is 2.36. The molecule has 3 heterocycles. The Bertz CT molecular complexity index is 707. The van der Waals surface area contributed by atoms with Crippen LogP contribution in [0.5, 0.6) is 0 Å². The van der Waals surface area contributed by atoms with Crippen LogP contribution in [0, 0.1) is 0 Å². The summed E-state index contributed by atoms with van der Waals surface area (Å²) in [5.74, 6) is 0.